The first-order valence-electron chi connectivity index (χ1n) is 11.7. The molecule has 0 spiro atoms. The molecule has 0 saturated carbocycles. The summed E-state index contributed by atoms with van der Waals surface area (Å²) in [5.74, 6) is -24.5. The van der Waals surface area contributed by atoms with Crippen LogP contribution in [0, 0.1) is 29.1 Å². The Balaban J connectivity index is -0.000000258. The number of nitrogens with zero attached hydrogens (tertiary/aromatic N) is 1. The Morgan fingerprint density at radius 1 is 0.745 bits per heavy atom. The van der Waals surface area contributed by atoms with Crippen LogP contribution in [-0.2, 0) is 33.6 Å². The molecule has 0 aliphatic heterocycles. The van der Waals surface area contributed by atoms with Crippen molar-refractivity contribution in [1.82, 2.24) is 10.2 Å². The zero-order valence-electron chi connectivity index (χ0n) is 29.6. The Kier molecular flexibility index (Phi) is 54.0. The number of ketones is 1. The van der Waals surface area contributed by atoms with Gasteiger partial charge in [-0.15, -0.1) is 6.04 Å². The summed E-state index contributed by atoms with van der Waals surface area (Å²) in [6.45, 7) is 3.23. The number of carbonyl (C=O) groups is 7. The number of amides is 2. The molecule has 25 heteroatoms. The molecule has 0 rings (SSSR count). The number of hydrogen-bond acceptors (Lipinski definition) is 14. The minimum Gasteiger partial charge on any atom is -0.881 e. The van der Waals surface area contributed by atoms with Crippen LogP contribution in [0.4, 0.5) is 0 Å². The Hall–Kier alpha value is 4.46. The summed E-state index contributed by atoms with van der Waals surface area (Å²) < 4.78 is 0. The average molecular weight is 756 g/mol. The molecule has 0 saturated heterocycles. The van der Waals surface area contributed by atoms with Gasteiger partial charge in [0.15, 0.2) is 5.91 Å². The fourth-order valence-electron chi connectivity index (χ4n) is 4.31. The Morgan fingerprint density at radius 3 is 1.40 bits per heavy atom. The van der Waals surface area contributed by atoms with Gasteiger partial charge in [0.05, 0.1) is 11.4 Å². The van der Waals surface area contributed by atoms with Gasteiger partial charge in [-0.3, -0.25) is 24.3 Å². The summed E-state index contributed by atoms with van der Waals surface area (Å²) in [5, 5.41) is 50.2. The van der Waals surface area contributed by atoms with Crippen LogP contribution in [0.15, 0.2) is 0 Å². The van der Waals surface area contributed by atoms with E-state index in [1.165, 1.54) is 13.8 Å². The quantitative estimate of drug-likeness (QED) is 0.0588. The van der Waals surface area contributed by atoms with Gasteiger partial charge in [0, 0.05) is 43.5 Å². The fraction of sp³-hybridized carbons (Fsp3) is 0.636. The smallest absolute Gasteiger partial charge is 0.881 e. The topological polar surface area (TPSA) is 296 Å². The second kappa shape index (κ2) is 34.9. The Morgan fingerprint density at radius 2 is 1.15 bits per heavy atom. The average Bonchev–Trinajstić information content (AvgIpc) is 2.79. The number of aliphatic carboxylic acids is 4. The first kappa shape index (κ1) is 72.7. The third-order valence-corrected chi connectivity index (χ3v) is 7.22. The van der Waals surface area contributed by atoms with E-state index in [0.717, 1.165) is 11.8 Å². The van der Waals surface area contributed by atoms with Crippen molar-refractivity contribution in [1.29, 1.82) is 0 Å². The van der Waals surface area contributed by atoms with Crippen molar-refractivity contribution < 1.29 is 305 Å². The van der Waals surface area contributed by atoms with Crippen LogP contribution in [0.2, 0.25) is 6.04 Å². The summed E-state index contributed by atoms with van der Waals surface area (Å²) in [7, 11) is -5.31. The van der Waals surface area contributed by atoms with E-state index in [1.54, 1.807) is 0 Å². The molecule has 16 nitrogen and oxygen atoms in total. The molecule has 0 aliphatic rings. The second-order valence-corrected chi connectivity index (χ2v) is 10.4. The predicted octanol–water partition coefficient (Wildman–Crippen LogP) is -33.2. The van der Waals surface area contributed by atoms with Gasteiger partial charge >= 0.3 is 236 Å². The molecule has 0 aromatic carbocycles. The van der Waals surface area contributed by atoms with Crippen molar-refractivity contribution >= 4 is 50.3 Å². The van der Waals surface area contributed by atoms with E-state index >= 15 is 0 Å². The van der Waals surface area contributed by atoms with Gasteiger partial charge in [-0.05, 0) is 39.4 Å². The Bertz CT molecular complexity index is 978. The molecule has 0 aromatic heterocycles. The van der Waals surface area contributed by atoms with E-state index in [4.69, 9.17) is 0 Å². The summed E-state index contributed by atoms with van der Waals surface area (Å²) in [6.07, 6.45) is -1.49. The number of nitrogens with one attached hydrogen (secondary N) is 1. The molecule has 0 fully saturated rings. The van der Waals surface area contributed by atoms with Crippen LogP contribution < -0.4 is 277 Å². The van der Waals surface area contributed by atoms with Crippen LogP contribution in [-0.4, -0.2) is 74.8 Å². The van der Waals surface area contributed by atoms with E-state index in [2.05, 4.69) is 0 Å². The fourth-order valence-corrected chi connectivity index (χ4v) is 4.92. The van der Waals surface area contributed by atoms with Gasteiger partial charge in [0.1, 0.15) is 0 Å². The SMILES string of the molecule is CCN(CC)C(=O)C([C-](C(C)=O)C(C(=O)[O-])C(=O)[O-])C(C(=O)[O-])[C@](CC)(C(=O)[O-])C(=O)NCCC[Si]([O-])([O-])[O-].[Na+].[Na+].[Na+].[Na+].[Na+].[Na+].[Na+].[Na+]. The number of Topliss-reactive ketones (excluding diaryl/α,β-unsaturated/α-hetero) is 1. The maximum absolute atomic E-state index is 13.5. The molecule has 0 aliphatic carbocycles. The van der Waals surface area contributed by atoms with Crippen molar-refractivity contribution in [2.75, 3.05) is 19.6 Å². The van der Waals surface area contributed by atoms with E-state index in [-0.39, 0.29) is 250 Å². The van der Waals surface area contributed by atoms with E-state index in [1.807, 2.05) is 5.32 Å². The van der Waals surface area contributed by atoms with Crippen LogP contribution in [0.3, 0.4) is 0 Å². The first-order valence-corrected chi connectivity index (χ1v) is 13.7. The standard InChI is InChI=1S/C22H32N2O14Si.8Na/c1-5-22(21(34)35,20(33)23-9-8-10-39(36,37)38)15(19(31)32)13(16(26)24(6-2)7-3)12(11(4)25)14(17(27)28)18(29)30;;;;;;;;/h13-15H,5-10H2,1-4H3,(H,23,33)(H,27,28)(H,29,30)(H,31,32)(H,34,35);;;;;;;;/q-4;8*+1/p-4/t13?,15?,22-;;;;;;;;/m0......../s1. The second-order valence-electron chi connectivity index (χ2n) is 8.52. The third-order valence-electron chi connectivity index (χ3n) is 6.26. The molecule has 222 valence electrons. The summed E-state index contributed by atoms with van der Waals surface area (Å²) >= 11 is 0. The monoisotopic (exact) mass is 756 g/mol. The summed E-state index contributed by atoms with van der Waals surface area (Å²) in [6, 6.07) is -0.939. The number of hydrogen-bond donors (Lipinski definition) is 1. The molecular weight excluding hydrogens is 728 g/mol. The van der Waals surface area contributed by atoms with Gasteiger partial charge in [-0.2, -0.15) is 0 Å². The number of carboxylic acids is 4. The molecule has 0 radical (unpaired) electrons. The molecule has 2 unspecified atom stereocenters. The van der Waals surface area contributed by atoms with Crippen molar-refractivity contribution in [3.05, 3.63) is 5.92 Å². The van der Waals surface area contributed by atoms with Gasteiger partial charge in [0.2, 0.25) is 5.91 Å². The van der Waals surface area contributed by atoms with Crippen molar-refractivity contribution in [2.24, 2.45) is 23.2 Å². The zero-order valence-corrected chi connectivity index (χ0v) is 46.6. The van der Waals surface area contributed by atoms with E-state index in [0.29, 0.717) is 6.92 Å². The van der Waals surface area contributed by atoms with Crippen molar-refractivity contribution in [2.45, 2.75) is 46.6 Å². The molecule has 0 aromatic rings. The van der Waals surface area contributed by atoms with Gasteiger partial charge in [0.25, 0.3) is 0 Å². The van der Waals surface area contributed by atoms with E-state index in [9.17, 15) is 68.4 Å². The van der Waals surface area contributed by atoms with Crippen molar-refractivity contribution in [3.63, 3.8) is 0 Å². The third kappa shape index (κ3) is 22.0. The Labute approximate surface area is 451 Å². The molecule has 0 bridgehead atoms. The summed E-state index contributed by atoms with van der Waals surface area (Å²) in [4.78, 5) is 121. The number of rotatable bonds is 18. The molecule has 2 amide bonds. The van der Waals surface area contributed by atoms with Crippen LogP contribution in [0.5, 0.6) is 0 Å². The molecule has 47 heavy (non-hydrogen) atoms. The molecule has 3 atom stereocenters. The summed E-state index contributed by atoms with van der Waals surface area (Å²) in [5.41, 5.74) is -3.30. The van der Waals surface area contributed by atoms with E-state index < -0.39 is 105 Å². The van der Waals surface area contributed by atoms with Gasteiger partial charge in [-0.25, -0.2) is 0 Å². The van der Waals surface area contributed by atoms with Crippen LogP contribution in [0.1, 0.15) is 40.5 Å². The molecule has 0 heterocycles. The van der Waals surface area contributed by atoms with Gasteiger partial charge in [-0.1, -0.05) is 18.8 Å². The maximum atomic E-state index is 13.5. The minimum atomic E-state index is -5.31. The molecule has 1 N–H and O–H groups in total. The van der Waals surface area contributed by atoms with Crippen molar-refractivity contribution in [3.8, 4) is 0 Å². The number of carbonyl (C=O) groups excluding carboxylic acids is 7. The number of carboxylic acid groups (broad SMARTS) is 4. The molecular formula is C22H28N2Na8O14Si. The van der Waals surface area contributed by atoms with Gasteiger partial charge < -0.3 is 69.0 Å². The first-order chi connectivity index (χ1) is 17.8. The van der Waals surface area contributed by atoms with Crippen LogP contribution >= 0.6 is 0 Å². The normalized spacial score (nSPS) is 12.0. The predicted molar refractivity (Wildman–Crippen MR) is 113 cm³/mol. The minimum absolute atomic E-state index is 0. The zero-order chi connectivity index (χ0) is 30.9. The van der Waals surface area contributed by atoms with Crippen LogP contribution in [0.25, 0.3) is 0 Å². The largest absolute Gasteiger partial charge is 1.00 e. The maximum Gasteiger partial charge on any atom is 1.00 e.